The molecular formula is C21H26Cl2N4O4S. The van der Waals surface area contributed by atoms with Gasteiger partial charge in [-0.1, -0.05) is 37.0 Å². The SMILES string of the molecule is COCCN(CC(=O)Nc1nc(CC(=O)NCC(C)C)cs1)C(=O)c1ccc(Cl)c(Cl)c1. The minimum Gasteiger partial charge on any atom is -0.383 e. The molecule has 1 aromatic heterocycles. The number of hydrogen-bond acceptors (Lipinski definition) is 6. The molecular weight excluding hydrogens is 475 g/mol. The number of thiazole rings is 1. The van der Waals surface area contributed by atoms with E-state index in [1.165, 1.54) is 35.5 Å². The molecule has 1 aromatic carbocycles. The van der Waals surface area contributed by atoms with E-state index in [1.807, 2.05) is 13.8 Å². The molecule has 0 unspecified atom stereocenters. The summed E-state index contributed by atoms with van der Waals surface area (Å²) in [7, 11) is 1.51. The maximum absolute atomic E-state index is 12.9. The molecule has 0 spiro atoms. The van der Waals surface area contributed by atoms with Gasteiger partial charge in [0.2, 0.25) is 11.8 Å². The highest BCUT2D eigenvalue weighted by molar-refractivity contribution is 7.13. The lowest BCUT2D eigenvalue weighted by molar-refractivity contribution is -0.120. The van der Waals surface area contributed by atoms with Crippen molar-refractivity contribution in [2.24, 2.45) is 5.92 Å². The molecule has 0 atom stereocenters. The van der Waals surface area contributed by atoms with Gasteiger partial charge < -0.3 is 20.3 Å². The van der Waals surface area contributed by atoms with E-state index in [4.69, 9.17) is 27.9 Å². The Balaban J connectivity index is 1.98. The van der Waals surface area contributed by atoms with Crippen LogP contribution in [0.5, 0.6) is 0 Å². The normalized spacial score (nSPS) is 10.8. The first-order valence-electron chi connectivity index (χ1n) is 9.93. The smallest absolute Gasteiger partial charge is 0.254 e. The summed E-state index contributed by atoms with van der Waals surface area (Å²) in [6.07, 6.45) is 0.134. The van der Waals surface area contributed by atoms with Crippen molar-refractivity contribution in [1.82, 2.24) is 15.2 Å². The molecule has 11 heteroatoms. The topological polar surface area (TPSA) is 101 Å². The molecule has 2 rings (SSSR count). The monoisotopic (exact) mass is 500 g/mol. The van der Waals surface area contributed by atoms with E-state index >= 15 is 0 Å². The van der Waals surface area contributed by atoms with Crippen LogP contribution in [0.25, 0.3) is 0 Å². The number of rotatable bonds is 11. The number of carbonyl (C=O) groups excluding carboxylic acids is 3. The highest BCUT2D eigenvalue weighted by atomic mass is 35.5. The molecule has 0 bridgehead atoms. The number of benzene rings is 1. The number of halogens is 2. The van der Waals surface area contributed by atoms with Crippen molar-refractivity contribution in [2.75, 3.05) is 38.7 Å². The number of aromatic nitrogens is 1. The molecule has 0 saturated carbocycles. The Labute approximate surface area is 201 Å². The molecule has 0 saturated heterocycles. The second-order valence-corrected chi connectivity index (χ2v) is 9.09. The molecule has 0 aliphatic carbocycles. The third-order valence-electron chi connectivity index (χ3n) is 4.20. The maximum atomic E-state index is 12.9. The van der Waals surface area contributed by atoms with Gasteiger partial charge in [0.1, 0.15) is 6.54 Å². The van der Waals surface area contributed by atoms with E-state index in [2.05, 4.69) is 15.6 Å². The molecule has 0 aliphatic rings. The van der Waals surface area contributed by atoms with Gasteiger partial charge in [0, 0.05) is 31.1 Å². The molecule has 0 radical (unpaired) electrons. The van der Waals surface area contributed by atoms with Crippen molar-refractivity contribution in [2.45, 2.75) is 20.3 Å². The van der Waals surface area contributed by atoms with Gasteiger partial charge in [-0.15, -0.1) is 11.3 Å². The number of nitrogens with one attached hydrogen (secondary N) is 2. The van der Waals surface area contributed by atoms with Gasteiger partial charge in [0.15, 0.2) is 5.13 Å². The van der Waals surface area contributed by atoms with E-state index in [-0.39, 0.29) is 43.0 Å². The molecule has 0 fully saturated rings. The predicted molar refractivity (Wildman–Crippen MR) is 127 cm³/mol. The lowest BCUT2D eigenvalue weighted by Gasteiger charge is -2.22. The maximum Gasteiger partial charge on any atom is 0.254 e. The lowest BCUT2D eigenvalue weighted by atomic mass is 10.2. The summed E-state index contributed by atoms with van der Waals surface area (Å²) in [5.41, 5.74) is 0.877. The van der Waals surface area contributed by atoms with Crippen LogP contribution < -0.4 is 10.6 Å². The Morgan fingerprint density at radius 3 is 2.59 bits per heavy atom. The van der Waals surface area contributed by atoms with E-state index in [0.717, 1.165) is 0 Å². The summed E-state index contributed by atoms with van der Waals surface area (Å²) in [5, 5.41) is 8.16. The fraction of sp³-hybridized carbons (Fsp3) is 0.429. The van der Waals surface area contributed by atoms with Gasteiger partial charge in [0.05, 0.1) is 28.8 Å². The zero-order valence-electron chi connectivity index (χ0n) is 18.1. The van der Waals surface area contributed by atoms with E-state index in [9.17, 15) is 14.4 Å². The molecule has 8 nitrogen and oxygen atoms in total. The highest BCUT2D eigenvalue weighted by Gasteiger charge is 2.20. The largest absolute Gasteiger partial charge is 0.383 e. The number of amides is 3. The molecule has 2 aromatic rings. The van der Waals surface area contributed by atoms with Crippen molar-refractivity contribution in [3.8, 4) is 0 Å². The second kappa shape index (κ2) is 12.7. The number of nitrogens with zero attached hydrogens (tertiary/aromatic N) is 2. The minimum atomic E-state index is -0.417. The predicted octanol–water partition coefficient (Wildman–Crippen LogP) is 3.49. The summed E-state index contributed by atoms with van der Waals surface area (Å²) < 4.78 is 5.05. The van der Waals surface area contributed by atoms with Crippen LogP contribution in [-0.4, -0.2) is 61.0 Å². The van der Waals surface area contributed by atoms with Gasteiger partial charge in [-0.05, 0) is 24.1 Å². The molecule has 1 heterocycles. The number of anilines is 1. The fourth-order valence-electron chi connectivity index (χ4n) is 2.59. The molecule has 3 amide bonds. The Bertz CT molecular complexity index is 952. The summed E-state index contributed by atoms with van der Waals surface area (Å²) in [6.45, 7) is 4.89. The van der Waals surface area contributed by atoms with Crippen LogP contribution in [0.15, 0.2) is 23.6 Å². The highest BCUT2D eigenvalue weighted by Crippen LogP contribution is 2.23. The van der Waals surface area contributed by atoms with Crippen LogP contribution in [0.1, 0.15) is 29.9 Å². The van der Waals surface area contributed by atoms with Gasteiger partial charge in [-0.2, -0.15) is 0 Å². The average Bonchev–Trinajstić information content (AvgIpc) is 3.17. The summed E-state index contributed by atoms with van der Waals surface area (Å²) >= 11 is 13.1. The van der Waals surface area contributed by atoms with Gasteiger partial charge in [0.25, 0.3) is 5.91 Å². The van der Waals surface area contributed by atoms with Crippen LogP contribution >= 0.6 is 34.5 Å². The number of methoxy groups -OCH3 is 1. The second-order valence-electron chi connectivity index (χ2n) is 7.42. The Hall–Kier alpha value is -2.20. The standard InChI is InChI=1S/C21H26Cl2N4O4S/c1-13(2)10-24-18(28)9-15-12-32-21(25-15)26-19(29)11-27(6-7-31-3)20(30)14-4-5-16(22)17(23)8-14/h4-5,8,12-13H,6-7,9-11H2,1-3H3,(H,24,28)(H,25,26,29). The number of carbonyl (C=O) groups is 3. The van der Waals surface area contributed by atoms with Crippen molar-refractivity contribution < 1.29 is 19.1 Å². The first kappa shape index (κ1) is 26.1. The first-order valence-corrected chi connectivity index (χ1v) is 11.6. The molecule has 174 valence electrons. The molecule has 32 heavy (non-hydrogen) atoms. The van der Waals surface area contributed by atoms with Crippen molar-refractivity contribution in [1.29, 1.82) is 0 Å². The summed E-state index contributed by atoms with van der Waals surface area (Å²) in [6, 6.07) is 4.53. The number of ether oxygens (including phenoxy) is 1. The van der Waals surface area contributed by atoms with E-state index in [1.54, 1.807) is 11.4 Å². The van der Waals surface area contributed by atoms with Crippen molar-refractivity contribution in [3.63, 3.8) is 0 Å². The molecule has 0 aliphatic heterocycles. The van der Waals surface area contributed by atoms with Crippen molar-refractivity contribution in [3.05, 3.63) is 44.9 Å². The quantitative estimate of drug-likeness (QED) is 0.491. The van der Waals surface area contributed by atoms with Crippen LogP contribution in [0.2, 0.25) is 10.0 Å². The van der Waals surface area contributed by atoms with Crippen molar-refractivity contribution >= 4 is 57.4 Å². The van der Waals surface area contributed by atoms with Crippen LogP contribution in [-0.2, 0) is 20.7 Å². The average molecular weight is 501 g/mol. The Kier molecular flexibility index (Phi) is 10.4. The minimum absolute atomic E-state index is 0.125. The third kappa shape index (κ3) is 8.38. The fourth-order valence-corrected chi connectivity index (χ4v) is 3.61. The first-order chi connectivity index (χ1) is 15.2. The van der Waals surface area contributed by atoms with Crippen LogP contribution in [0, 0.1) is 5.92 Å². The van der Waals surface area contributed by atoms with Crippen LogP contribution in [0.3, 0.4) is 0 Å². The zero-order chi connectivity index (χ0) is 23.7. The summed E-state index contributed by atoms with van der Waals surface area (Å²) in [4.78, 5) is 43.0. The Morgan fingerprint density at radius 1 is 1.19 bits per heavy atom. The van der Waals surface area contributed by atoms with E-state index < -0.39 is 5.91 Å². The third-order valence-corrected chi connectivity index (χ3v) is 5.75. The van der Waals surface area contributed by atoms with Gasteiger partial charge in [-0.25, -0.2) is 4.98 Å². The number of hydrogen-bond donors (Lipinski definition) is 2. The molecule has 2 N–H and O–H groups in total. The Morgan fingerprint density at radius 2 is 1.94 bits per heavy atom. The van der Waals surface area contributed by atoms with Crippen LogP contribution in [0.4, 0.5) is 5.13 Å². The van der Waals surface area contributed by atoms with E-state index in [0.29, 0.717) is 33.9 Å². The summed E-state index contributed by atoms with van der Waals surface area (Å²) in [5.74, 6) is -0.561. The lowest BCUT2D eigenvalue weighted by Crippen LogP contribution is -2.40. The zero-order valence-corrected chi connectivity index (χ0v) is 20.4. The van der Waals surface area contributed by atoms with Gasteiger partial charge in [-0.3, -0.25) is 14.4 Å². The van der Waals surface area contributed by atoms with Gasteiger partial charge >= 0.3 is 0 Å².